The third-order valence-electron chi connectivity index (χ3n) is 2.96. The van der Waals surface area contributed by atoms with Crippen molar-refractivity contribution in [3.8, 4) is 0 Å². The smallest absolute Gasteiger partial charge is 0.0649 e. The Hall–Kier alpha value is 0.170. The van der Waals surface area contributed by atoms with Gasteiger partial charge in [-0.25, -0.2) is 0 Å². The molecular formula is C7H14ClNO2. The van der Waals surface area contributed by atoms with E-state index in [-0.39, 0.29) is 30.0 Å². The molecule has 2 aliphatic rings. The van der Waals surface area contributed by atoms with Gasteiger partial charge >= 0.3 is 0 Å². The van der Waals surface area contributed by atoms with Crippen LogP contribution < -0.4 is 5.73 Å². The lowest BCUT2D eigenvalue weighted by atomic mass is 9.62. The summed E-state index contributed by atoms with van der Waals surface area (Å²) in [6.07, 6.45) is 1.49. The van der Waals surface area contributed by atoms with Gasteiger partial charge in [-0.15, -0.1) is 12.4 Å². The highest BCUT2D eigenvalue weighted by molar-refractivity contribution is 5.85. The van der Waals surface area contributed by atoms with E-state index >= 15 is 0 Å². The minimum Gasteiger partial charge on any atom is -0.392 e. The van der Waals surface area contributed by atoms with Crippen LogP contribution >= 0.6 is 12.4 Å². The molecule has 0 aromatic carbocycles. The summed E-state index contributed by atoms with van der Waals surface area (Å²) in [5.74, 6) is 0. The van der Waals surface area contributed by atoms with Gasteiger partial charge in [0.2, 0.25) is 0 Å². The number of nitrogens with two attached hydrogens (primary N) is 1. The molecule has 1 aliphatic heterocycles. The van der Waals surface area contributed by atoms with Crippen LogP contribution in [0.4, 0.5) is 0 Å². The fourth-order valence-electron chi connectivity index (χ4n) is 1.95. The van der Waals surface area contributed by atoms with E-state index in [1.54, 1.807) is 0 Å². The molecule has 0 bridgehead atoms. The topological polar surface area (TPSA) is 55.5 Å². The molecule has 2 rings (SSSR count). The average Bonchev–Trinajstić information content (AvgIpc) is 2.37. The number of hydrogen-bond donors (Lipinski definition) is 2. The van der Waals surface area contributed by atoms with Gasteiger partial charge in [0, 0.05) is 18.1 Å². The van der Waals surface area contributed by atoms with Crippen LogP contribution in [0.3, 0.4) is 0 Å². The van der Waals surface area contributed by atoms with E-state index in [9.17, 15) is 5.11 Å². The summed E-state index contributed by atoms with van der Waals surface area (Å²) in [5, 5.41) is 9.41. The molecule has 1 aliphatic carbocycles. The van der Waals surface area contributed by atoms with Gasteiger partial charge in [-0.3, -0.25) is 0 Å². The van der Waals surface area contributed by atoms with Gasteiger partial charge in [-0.1, -0.05) is 0 Å². The second-order valence-electron chi connectivity index (χ2n) is 3.39. The molecule has 1 saturated carbocycles. The molecule has 0 aromatic rings. The highest BCUT2D eigenvalue weighted by Gasteiger charge is 2.54. The van der Waals surface area contributed by atoms with Gasteiger partial charge in [-0.05, 0) is 12.8 Å². The fourth-order valence-corrected chi connectivity index (χ4v) is 1.95. The van der Waals surface area contributed by atoms with Crippen LogP contribution in [0.2, 0.25) is 0 Å². The summed E-state index contributed by atoms with van der Waals surface area (Å²) in [4.78, 5) is 0. The lowest BCUT2D eigenvalue weighted by Gasteiger charge is -2.48. The van der Waals surface area contributed by atoms with Crippen molar-refractivity contribution in [2.45, 2.75) is 25.0 Å². The average molecular weight is 180 g/mol. The summed E-state index contributed by atoms with van der Waals surface area (Å²) < 4.78 is 5.20. The van der Waals surface area contributed by atoms with Crippen molar-refractivity contribution in [2.75, 3.05) is 13.2 Å². The molecule has 3 N–H and O–H groups in total. The van der Waals surface area contributed by atoms with Crippen LogP contribution in [-0.4, -0.2) is 30.5 Å². The zero-order chi connectivity index (χ0) is 7.19. The molecule has 1 spiro atoms. The Morgan fingerprint density at radius 3 is 2.55 bits per heavy atom. The highest BCUT2D eigenvalue weighted by atomic mass is 35.5. The SMILES string of the molecule is Cl.N[C@@H]1C[C@H](O)C12CCOC2. The van der Waals surface area contributed by atoms with Crippen LogP contribution in [0.15, 0.2) is 0 Å². The standard InChI is InChI=1S/C7H13NO2.ClH/c8-5-3-6(9)7(5)1-2-10-4-7;/h5-6,9H,1-4,8H2;1H/t5-,6+,7?;/m1./s1. The zero-order valence-corrected chi connectivity index (χ0v) is 7.14. The second kappa shape index (κ2) is 2.90. The monoisotopic (exact) mass is 179 g/mol. The van der Waals surface area contributed by atoms with E-state index in [0.29, 0.717) is 6.61 Å². The Morgan fingerprint density at radius 2 is 2.27 bits per heavy atom. The molecule has 66 valence electrons. The molecule has 11 heavy (non-hydrogen) atoms. The Labute approximate surface area is 72.3 Å². The normalized spacial score (nSPS) is 48.5. The van der Waals surface area contributed by atoms with Crippen molar-refractivity contribution in [1.82, 2.24) is 0 Å². The van der Waals surface area contributed by atoms with Gasteiger partial charge in [0.15, 0.2) is 0 Å². The quantitative estimate of drug-likeness (QED) is 0.547. The predicted molar refractivity (Wildman–Crippen MR) is 43.7 cm³/mol. The maximum atomic E-state index is 9.41. The van der Waals surface area contributed by atoms with E-state index in [2.05, 4.69) is 0 Å². The first-order valence-corrected chi connectivity index (χ1v) is 3.77. The molecule has 0 aromatic heterocycles. The van der Waals surface area contributed by atoms with Crippen molar-refractivity contribution in [3.63, 3.8) is 0 Å². The molecular weight excluding hydrogens is 166 g/mol. The van der Waals surface area contributed by atoms with Crippen LogP contribution in [0.25, 0.3) is 0 Å². The first kappa shape index (κ1) is 9.26. The van der Waals surface area contributed by atoms with Gasteiger partial charge in [0.05, 0.1) is 12.7 Å². The molecule has 0 radical (unpaired) electrons. The van der Waals surface area contributed by atoms with Gasteiger partial charge in [0.25, 0.3) is 0 Å². The molecule has 1 unspecified atom stereocenters. The Morgan fingerprint density at radius 1 is 1.55 bits per heavy atom. The van der Waals surface area contributed by atoms with E-state index in [1.807, 2.05) is 0 Å². The van der Waals surface area contributed by atoms with Crippen molar-refractivity contribution in [3.05, 3.63) is 0 Å². The second-order valence-corrected chi connectivity index (χ2v) is 3.39. The van der Waals surface area contributed by atoms with Gasteiger partial charge in [0.1, 0.15) is 0 Å². The molecule has 4 heteroatoms. The predicted octanol–water partition coefficient (Wildman–Crippen LogP) is -0.0932. The van der Waals surface area contributed by atoms with E-state index in [1.165, 1.54) is 0 Å². The van der Waals surface area contributed by atoms with E-state index in [0.717, 1.165) is 19.4 Å². The number of ether oxygens (including phenoxy) is 1. The van der Waals surface area contributed by atoms with Gasteiger partial charge in [-0.2, -0.15) is 0 Å². The van der Waals surface area contributed by atoms with Crippen molar-refractivity contribution in [1.29, 1.82) is 0 Å². The minimum atomic E-state index is -0.204. The number of hydrogen-bond acceptors (Lipinski definition) is 3. The molecule has 3 atom stereocenters. The molecule has 1 saturated heterocycles. The maximum absolute atomic E-state index is 9.41. The van der Waals surface area contributed by atoms with Crippen molar-refractivity contribution in [2.24, 2.45) is 11.1 Å². The summed E-state index contributed by atoms with van der Waals surface area (Å²) in [7, 11) is 0. The Balaban J connectivity index is 0.000000605. The third-order valence-corrected chi connectivity index (χ3v) is 2.96. The summed E-state index contributed by atoms with van der Waals surface area (Å²) in [6, 6.07) is 0.171. The van der Waals surface area contributed by atoms with Crippen molar-refractivity contribution >= 4 is 12.4 Å². The third kappa shape index (κ3) is 1.07. The molecule has 2 fully saturated rings. The lowest BCUT2D eigenvalue weighted by Crippen LogP contribution is -2.61. The van der Waals surface area contributed by atoms with Crippen LogP contribution in [0, 0.1) is 5.41 Å². The zero-order valence-electron chi connectivity index (χ0n) is 6.32. The van der Waals surface area contributed by atoms with E-state index in [4.69, 9.17) is 10.5 Å². The van der Waals surface area contributed by atoms with Crippen molar-refractivity contribution < 1.29 is 9.84 Å². The number of rotatable bonds is 0. The highest BCUT2D eigenvalue weighted by Crippen LogP contribution is 2.46. The molecule has 0 amide bonds. The summed E-state index contributed by atoms with van der Waals surface area (Å²) in [5.41, 5.74) is 5.71. The molecule has 1 heterocycles. The largest absolute Gasteiger partial charge is 0.392 e. The van der Waals surface area contributed by atoms with Gasteiger partial charge < -0.3 is 15.6 Å². The minimum absolute atomic E-state index is 0. The number of halogens is 1. The Kier molecular flexibility index (Phi) is 2.44. The molecule has 3 nitrogen and oxygen atoms in total. The lowest BCUT2D eigenvalue weighted by molar-refractivity contribution is -0.0853. The number of aliphatic hydroxyl groups excluding tert-OH is 1. The van der Waals surface area contributed by atoms with Crippen LogP contribution in [-0.2, 0) is 4.74 Å². The van der Waals surface area contributed by atoms with Crippen LogP contribution in [0.5, 0.6) is 0 Å². The maximum Gasteiger partial charge on any atom is 0.0649 e. The van der Waals surface area contributed by atoms with Crippen LogP contribution in [0.1, 0.15) is 12.8 Å². The first-order valence-electron chi connectivity index (χ1n) is 3.77. The first-order chi connectivity index (χ1) is 4.76. The summed E-state index contributed by atoms with van der Waals surface area (Å²) in [6.45, 7) is 1.43. The summed E-state index contributed by atoms with van der Waals surface area (Å²) >= 11 is 0. The number of aliphatic hydroxyl groups is 1. The fraction of sp³-hybridized carbons (Fsp3) is 1.00. The Bertz CT molecular complexity index is 137. The van der Waals surface area contributed by atoms with E-state index < -0.39 is 0 Å².